The summed E-state index contributed by atoms with van der Waals surface area (Å²) in [6.45, 7) is 21.4. The quantitative estimate of drug-likeness (QED) is 0.498. The Kier molecular flexibility index (Phi) is 9.60. The summed E-state index contributed by atoms with van der Waals surface area (Å²) >= 11 is 0. The second kappa shape index (κ2) is 10.5. The van der Waals surface area contributed by atoms with Gasteiger partial charge in [0.25, 0.3) is 0 Å². The molecule has 0 amide bonds. The predicted octanol–water partition coefficient (Wildman–Crippen LogP) is 5.14. The largest absolute Gasteiger partial charge is 2.00 e. The van der Waals surface area contributed by atoms with Crippen LogP contribution >= 0.6 is 0 Å². The van der Waals surface area contributed by atoms with Crippen molar-refractivity contribution in [3.05, 3.63) is 28.8 Å². The van der Waals surface area contributed by atoms with Gasteiger partial charge in [-0.1, -0.05) is 67.0 Å². The van der Waals surface area contributed by atoms with Gasteiger partial charge in [0, 0.05) is 30.8 Å². The van der Waals surface area contributed by atoms with Gasteiger partial charge < -0.3 is 12.3 Å². The van der Waals surface area contributed by atoms with Crippen molar-refractivity contribution in [1.29, 1.82) is 0 Å². The Morgan fingerprint density at radius 2 is 1.67 bits per heavy atom. The van der Waals surface area contributed by atoms with Crippen molar-refractivity contribution in [1.82, 2.24) is 4.90 Å². The third-order valence-electron chi connectivity index (χ3n) is 5.08. The van der Waals surface area contributed by atoms with Crippen LogP contribution in [0.5, 0.6) is 5.75 Å². The second-order valence-corrected chi connectivity index (χ2v) is 9.60. The van der Waals surface area contributed by atoms with Crippen molar-refractivity contribution in [3.8, 4) is 5.75 Å². The Balaban J connectivity index is 0. The maximum Gasteiger partial charge on any atom is 2.00 e. The van der Waals surface area contributed by atoms with Crippen molar-refractivity contribution in [2.24, 2.45) is 0 Å². The topological polar surface area (TPSA) is 21.7 Å². The fraction of sp³-hybridized carbons (Fsp3) is 0.739. The number of hydrogen-bond acceptors (Lipinski definition) is 3. The van der Waals surface area contributed by atoms with E-state index in [-0.39, 0.29) is 36.7 Å². The number of ether oxygens (including phenoxy) is 2. The molecule has 0 saturated carbocycles. The number of unbranched alkanes of at least 4 members (excludes halogenated alkanes) is 1. The van der Waals surface area contributed by atoms with Crippen LogP contribution in [0.25, 0.3) is 0 Å². The van der Waals surface area contributed by atoms with Crippen LogP contribution in [0.4, 0.5) is 0 Å². The van der Waals surface area contributed by atoms with E-state index in [1.54, 1.807) is 0 Å². The smallest absolute Gasteiger partial charge is 1.00 e. The van der Waals surface area contributed by atoms with Crippen LogP contribution in [0.15, 0.2) is 12.1 Å². The summed E-state index contributed by atoms with van der Waals surface area (Å²) in [5.41, 5.74) is 4.25. The van der Waals surface area contributed by atoms with E-state index in [2.05, 4.69) is 65.5 Å². The zero-order valence-corrected chi connectivity index (χ0v) is 20.2. The van der Waals surface area contributed by atoms with Crippen LogP contribution < -0.4 is 4.74 Å². The Labute approximate surface area is 186 Å². The Morgan fingerprint density at radius 1 is 1.04 bits per heavy atom. The molecule has 0 radical (unpaired) electrons. The molecule has 0 aliphatic carbocycles. The molecule has 3 nitrogen and oxygen atoms in total. The molecule has 0 spiro atoms. The fourth-order valence-electron chi connectivity index (χ4n) is 3.29. The third-order valence-corrected chi connectivity index (χ3v) is 5.08. The molecule has 1 aromatic carbocycles. The monoisotopic (exact) mass is 387 g/mol. The van der Waals surface area contributed by atoms with Crippen molar-refractivity contribution < 1.29 is 12.3 Å². The summed E-state index contributed by atoms with van der Waals surface area (Å²) in [6, 6.07) is 4.76. The summed E-state index contributed by atoms with van der Waals surface area (Å²) in [5.74, 6) is 1.12. The van der Waals surface area contributed by atoms with Gasteiger partial charge in [0.05, 0.1) is 19.8 Å². The van der Waals surface area contributed by atoms with Gasteiger partial charge in [0.1, 0.15) is 5.75 Å². The van der Waals surface area contributed by atoms with E-state index in [9.17, 15) is 0 Å². The maximum absolute atomic E-state index is 6.39. The number of benzene rings is 1. The summed E-state index contributed by atoms with van der Waals surface area (Å²) in [6.07, 6.45) is 2.26. The first-order valence-corrected chi connectivity index (χ1v) is 10.2. The van der Waals surface area contributed by atoms with Crippen LogP contribution in [0.2, 0.25) is 0 Å². The van der Waals surface area contributed by atoms with Gasteiger partial charge in [0.15, 0.2) is 0 Å². The standard InChI is InChI=1S/C23H39NO2.Mg.2H/c1-8-9-12-26-21-18(17-24-10-13-25-14-11-24)15-19(22(2,3)4)16-20(21)23(5,6)7;;;/h15-16H,8-14,17H2,1-7H3;;;/q;+2;2*-1. The SMILES string of the molecule is CCCCOc1c(CN2CCOCC2)cc(C(C)(C)C)cc1C(C)(C)C.[H-].[H-].[Mg+2]. The van der Waals surface area contributed by atoms with Crippen molar-refractivity contribution >= 4 is 23.1 Å². The normalized spacial score (nSPS) is 16.1. The number of morpholine rings is 1. The molecule has 1 heterocycles. The van der Waals surface area contributed by atoms with Gasteiger partial charge in [-0.2, -0.15) is 0 Å². The Bertz CT molecular complexity index is 592. The average Bonchev–Trinajstić information content (AvgIpc) is 2.55. The van der Waals surface area contributed by atoms with Gasteiger partial charge in [0.2, 0.25) is 0 Å². The Hall–Kier alpha value is -0.294. The molecular formula is C23H41MgNO2. The molecule has 0 aromatic heterocycles. The molecule has 1 saturated heterocycles. The molecule has 4 heteroatoms. The van der Waals surface area contributed by atoms with E-state index in [0.29, 0.717) is 0 Å². The van der Waals surface area contributed by atoms with Crippen LogP contribution in [0.1, 0.15) is 80.9 Å². The Morgan fingerprint density at radius 3 is 2.19 bits per heavy atom. The van der Waals surface area contributed by atoms with Crippen molar-refractivity contribution in [2.45, 2.75) is 78.7 Å². The number of nitrogens with zero attached hydrogens (tertiary/aromatic N) is 1. The van der Waals surface area contributed by atoms with Gasteiger partial charge >= 0.3 is 23.1 Å². The van der Waals surface area contributed by atoms with Crippen LogP contribution in [0.3, 0.4) is 0 Å². The average molecular weight is 388 g/mol. The molecular weight excluding hydrogens is 347 g/mol. The molecule has 152 valence electrons. The molecule has 1 aromatic rings. The van der Waals surface area contributed by atoms with Crippen molar-refractivity contribution in [2.75, 3.05) is 32.9 Å². The minimum atomic E-state index is 0. The van der Waals surface area contributed by atoms with Crippen LogP contribution in [0, 0.1) is 0 Å². The van der Waals surface area contributed by atoms with E-state index < -0.39 is 0 Å². The summed E-state index contributed by atoms with van der Waals surface area (Å²) in [4.78, 5) is 2.49. The summed E-state index contributed by atoms with van der Waals surface area (Å²) in [7, 11) is 0. The first kappa shape index (κ1) is 24.7. The zero-order valence-electron chi connectivity index (χ0n) is 20.8. The van der Waals surface area contributed by atoms with Crippen LogP contribution in [-0.2, 0) is 22.1 Å². The molecule has 0 atom stereocenters. The third kappa shape index (κ3) is 7.23. The molecule has 27 heavy (non-hydrogen) atoms. The zero-order chi connectivity index (χ0) is 19.4. The molecule has 0 unspecified atom stereocenters. The molecule has 2 rings (SSSR count). The van der Waals surface area contributed by atoms with Gasteiger partial charge in [-0.3, -0.25) is 4.90 Å². The first-order valence-electron chi connectivity index (χ1n) is 10.2. The van der Waals surface area contributed by atoms with Crippen molar-refractivity contribution in [3.63, 3.8) is 0 Å². The molecule has 1 aliphatic rings. The molecule has 1 fully saturated rings. The fourth-order valence-corrected chi connectivity index (χ4v) is 3.29. The van der Waals surface area contributed by atoms with Gasteiger partial charge in [-0.25, -0.2) is 0 Å². The minimum Gasteiger partial charge on any atom is -1.00 e. The molecule has 0 N–H and O–H groups in total. The second-order valence-electron chi connectivity index (χ2n) is 9.60. The van der Waals surface area contributed by atoms with Crippen LogP contribution in [-0.4, -0.2) is 60.9 Å². The van der Waals surface area contributed by atoms with E-state index in [1.807, 2.05) is 0 Å². The van der Waals surface area contributed by atoms with E-state index >= 15 is 0 Å². The maximum atomic E-state index is 6.39. The molecule has 0 bridgehead atoms. The summed E-state index contributed by atoms with van der Waals surface area (Å²) in [5, 5.41) is 0. The molecule has 1 aliphatic heterocycles. The summed E-state index contributed by atoms with van der Waals surface area (Å²) < 4.78 is 11.9. The predicted molar refractivity (Wildman–Crippen MR) is 118 cm³/mol. The van der Waals surface area contributed by atoms with E-state index in [1.165, 1.54) is 16.7 Å². The van der Waals surface area contributed by atoms with E-state index in [4.69, 9.17) is 9.47 Å². The van der Waals surface area contributed by atoms with Gasteiger partial charge in [-0.05, 0) is 22.8 Å². The number of hydrogen-bond donors (Lipinski definition) is 0. The minimum absolute atomic E-state index is 0. The first-order chi connectivity index (χ1) is 12.1. The number of rotatable bonds is 6. The van der Waals surface area contributed by atoms with Gasteiger partial charge in [-0.15, -0.1) is 0 Å². The van der Waals surface area contributed by atoms with E-state index in [0.717, 1.165) is 58.0 Å².